The number of benzene rings is 1. The van der Waals surface area contributed by atoms with Gasteiger partial charge in [-0.1, -0.05) is 25.1 Å². The van der Waals surface area contributed by atoms with Crippen molar-refractivity contribution in [1.82, 2.24) is 0 Å². The van der Waals surface area contributed by atoms with Gasteiger partial charge in [0.25, 0.3) is 0 Å². The number of aryl methyl sites for hydroxylation is 1. The summed E-state index contributed by atoms with van der Waals surface area (Å²) in [6.45, 7) is 3.77. The van der Waals surface area contributed by atoms with Crippen molar-refractivity contribution in [2.75, 3.05) is 0 Å². The summed E-state index contributed by atoms with van der Waals surface area (Å²) in [5.74, 6) is 0.576. The lowest BCUT2D eigenvalue weighted by atomic mass is 10.1. The molecule has 1 aromatic carbocycles. The van der Waals surface area contributed by atoms with Crippen LogP contribution in [0.4, 0.5) is 0 Å². The lowest BCUT2D eigenvalue weighted by molar-refractivity contribution is 0.0963. The van der Waals surface area contributed by atoms with Crippen LogP contribution < -0.4 is 0 Å². The minimum Gasteiger partial charge on any atom is -0.453 e. The Balaban J connectivity index is 2.68. The number of rotatable bonds is 2. The van der Waals surface area contributed by atoms with E-state index in [1.165, 1.54) is 0 Å². The van der Waals surface area contributed by atoms with Crippen molar-refractivity contribution in [2.24, 2.45) is 0 Å². The maximum absolute atomic E-state index is 11.5. The molecule has 0 aliphatic carbocycles. The van der Waals surface area contributed by atoms with E-state index < -0.39 is 0 Å². The number of carbonyl (C=O) groups excluding carboxylic acids is 1. The smallest absolute Gasteiger partial charge is 0.198 e. The third kappa shape index (κ3) is 1.23. The molecule has 0 amide bonds. The normalized spacial score (nSPS) is 10.7. The van der Waals surface area contributed by atoms with Crippen molar-refractivity contribution < 1.29 is 9.21 Å². The maximum Gasteiger partial charge on any atom is 0.198 e. The van der Waals surface area contributed by atoms with Crippen LogP contribution in [0.25, 0.3) is 11.0 Å². The first-order valence-electron chi connectivity index (χ1n) is 4.75. The molecule has 0 N–H and O–H groups in total. The van der Waals surface area contributed by atoms with Crippen LogP contribution >= 0.6 is 0 Å². The van der Waals surface area contributed by atoms with Gasteiger partial charge in [0, 0.05) is 17.4 Å². The molecule has 0 fully saturated rings. The van der Waals surface area contributed by atoms with Crippen molar-refractivity contribution >= 4 is 16.8 Å². The van der Waals surface area contributed by atoms with Crippen LogP contribution in [0.15, 0.2) is 28.7 Å². The number of Topliss-reactive ketones (excluding diaryl/α,β-unsaturated/α-hetero) is 1. The second-order valence-corrected chi connectivity index (χ2v) is 3.33. The highest BCUT2D eigenvalue weighted by molar-refractivity contribution is 5.99. The molecule has 2 rings (SSSR count). The molecule has 0 saturated carbocycles. The van der Waals surface area contributed by atoms with Gasteiger partial charge in [-0.3, -0.25) is 4.79 Å². The van der Waals surface area contributed by atoms with Gasteiger partial charge in [-0.2, -0.15) is 0 Å². The summed E-state index contributed by atoms with van der Waals surface area (Å²) in [5.41, 5.74) is 1.74. The summed E-state index contributed by atoms with van der Waals surface area (Å²) in [6.07, 6.45) is 0.487. The Labute approximate surface area is 82.5 Å². The number of fused-ring (bicyclic) bond motifs is 1. The number of ketones is 1. The van der Waals surface area contributed by atoms with Crippen molar-refractivity contribution in [3.8, 4) is 0 Å². The molecular formula is C12H12O2. The quantitative estimate of drug-likeness (QED) is 0.676. The molecule has 2 heteroatoms. The maximum atomic E-state index is 11.5. The Morgan fingerprint density at radius 3 is 2.71 bits per heavy atom. The van der Waals surface area contributed by atoms with Gasteiger partial charge in [0.05, 0.1) is 0 Å². The second-order valence-electron chi connectivity index (χ2n) is 3.33. The van der Waals surface area contributed by atoms with E-state index in [2.05, 4.69) is 0 Å². The fourth-order valence-corrected chi connectivity index (χ4v) is 1.60. The topological polar surface area (TPSA) is 30.2 Å². The van der Waals surface area contributed by atoms with Gasteiger partial charge < -0.3 is 4.42 Å². The summed E-state index contributed by atoms with van der Waals surface area (Å²) < 4.78 is 5.50. The van der Waals surface area contributed by atoms with Crippen LogP contribution in [0.2, 0.25) is 0 Å². The minimum atomic E-state index is 0.0682. The molecule has 0 unspecified atom stereocenters. The fourth-order valence-electron chi connectivity index (χ4n) is 1.60. The molecule has 14 heavy (non-hydrogen) atoms. The SMILES string of the molecule is CCC(=O)c1oc2ccccc2c1C. The van der Waals surface area contributed by atoms with Crippen molar-refractivity contribution in [1.29, 1.82) is 0 Å². The monoisotopic (exact) mass is 188 g/mol. The number of carbonyl (C=O) groups is 1. The van der Waals surface area contributed by atoms with E-state index in [9.17, 15) is 4.79 Å². The minimum absolute atomic E-state index is 0.0682. The summed E-state index contributed by atoms with van der Waals surface area (Å²) in [7, 11) is 0. The van der Waals surface area contributed by atoms with Crippen molar-refractivity contribution in [3.05, 3.63) is 35.6 Å². The standard InChI is InChI=1S/C12H12O2/c1-3-10(13)12-8(2)9-6-4-5-7-11(9)14-12/h4-7H,3H2,1-2H3. The van der Waals surface area contributed by atoms with Crippen LogP contribution in [0.3, 0.4) is 0 Å². The lowest BCUT2D eigenvalue weighted by Gasteiger charge is -1.92. The average molecular weight is 188 g/mol. The Morgan fingerprint density at radius 1 is 1.36 bits per heavy atom. The van der Waals surface area contributed by atoms with Gasteiger partial charge in [-0.05, 0) is 13.0 Å². The zero-order valence-corrected chi connectivity index (χ0v) is 8.33. The van der Waals surface area contributed by atoms with Crippen LogP contribution in [0.1, 0.15) is 29.5 Å². The highest BCUT2D eigenvalue weighted by Crippen LogP contribution is 2.25. The zero-order chi connectivity index (χ0) is 10.1. The molecule has 0 atom stereocenters. The average Bonchev–Trinajstić information content (AvgIpc) is 2.56. The van der Waals surface area contributed by atoms with E-state index >= 15 is 0 Å². The first kappa shape index (κ1) is 9.00. The molecule has 2 nitrogen and oxygen atoms in total. The van der Waals surface area contributed by atoms with E-state index in [1.54, 1.807) is 0 Å². The molecule has 0 bridgehead atoms. The Bertz CT molecular complexity index is 480. The fraction of sp³-hybridized carbons (Fsp3) is 0.250. The molecule has 2 aromatic rings. The molecular weight excluding hydrogens is 176 g/mol. The molecule has 1 heterocycles. The molecule has 0 radical (unpaired) electrons. The van der Waals surface area contributed by atoms with E-state index in [0.29, 0.717) is 12.2 Å². The van der Waals surface area contributed by atoms with Crippen molar-refractivity contribution in [2.45, 2.75) is 20.3 Å². The molecule has 0 spiro atoms. The van der Waals surface area contributed by atoms with Gasteiger partial charge in [0.15, 0.2) is 11.5 Å². The first-order valence-corrected chi connectivity index (χ1v) is 4.75. The summed E-state index contributed by atoms with van der Waals surface area (Å²) in [6, 6.07) is 7.71. The summed E-state index contributed by atoms with van der Waals surface area (Å²) in [5, 5.41) is 1.03. The van der Waals surface area contributed by atoms with Gasteiger partial charge in [0.2, 0.25) is 0 Å². The van der Waals surface area contributed by atoms with Gasteiger partial charge >= 0.3 is 0 Å². The number of furan rings is 1. The number of para-hydroxylation sites is 1. The Morgan fingerprint density at radius 2 is 2.07 bits per heavy atom. The van der Waals surface area contributed by atoms with Crippen LogP contribution in [-0.4, -0.2) is 5.78 Å². The molecule has 0 aliphatic heterocycles. The van der Waals surface area contributed by atoms with E-state index in [4.69, 9.17) is 4.42 Å². The third-order valence-corrected chi connectivity index (χ3v) is 2.42. The predicted molar refractivity (Wildman–Crippen MR) is 55.6 cm³/mol. The van der Waals surface area contributed by atoms with E-state index in [-0.39, 0.29) is 5.78 Å². The van der Waals surface area contributed by atoms with Gasteiger partial charge in [-0.15, -0.1) is 0 Å². The van der Waals surface area contributed by atoms with Crippen LogP contribution in [0, 0.1) is 6.92 Å². The molecule has 72 valence electrons. The van der Waals surface area contributed by atoms with Gasteiger partial charge in [0.1, 0.15) is 5.58 Å². The molecule has 0 saturated heterocycles. The second kappa shape index (κ2) is 3.29. The van der Waals surface area contributed by atoms with Crippen LogP contribution in [0.5, 0.6) is 0 Å². The molecule has 1 aromatic heterocycles. The van der Waals surface area contributed by atoms with E-state index in [1.807, 2.05) is 38.1 Å². The highest BCUT2D eigenvalue weighted by Gasteiger charge is 2.14. The summed E-state index contributed by atoms with van der Waals surface area (Å²) in [4.78, 5) is 11.5. The lowest BCUT2D eigenvalue weighted by Crippen LogP contribution is -1.95. The number of hydrogen-bond acceptors (Lipinski definition) is 2. The molecule has 0 aliphatic rings. The van der Waals surface area contributed by atoms with Crippen LogP contribution in [-0.2, 0) is 0 Å². The predicted octanol–water partition coefficient (Wildman–Crippen LogP) is 3.33. The van der Waals surface area contributed by atoms with E-state index in [0.717, 1.165) is 16.5 Å². The zero-order valence-electron chi connectivity index (χ0n) is 8.33. The van der Waals surface area contributed by atoms with Crippen molar-refractivity contribution in [3.63, 3.8) is 0 Å². The Hall–Kier alpha value is -1.57. The largest absolute Gasteiger partial charge is 0.453 e. The van der Waals surface area contributed by atoms with Gasteiger partial charge in [-0.25, -0.2) is 0 Å². The third-order valence-electron chi connectivity index (χ3n) is 2.42. The Kier molecular flexibility index (Phi) is 2.12. The summed E-state index contributed by atoms with van der Waals surface area (Å²) >= 11 is 0. The highest BCUT2D eigenvalue weighted by atomic mass is 16.3. The number of hydrogen-bond donors (Lipinski definition) is 0. The first-order chi connectivity index (χ1) is 6.74.